The van der Waals surface area contributed by atoms with Crippen LogP contribution in [0.3, 0.4) is 0 Å². The Balaban J connectivity index is 2.16. The largest absolute Gasteiger partial charge is 0.373 e. The average Bonchev–Trinajstić information content (AvgIpc) is 1.66. The van der Waals surface area contributed by atoms with Gasteiger partial charge in [-0.1, -0.05) is 24.5 Å². The predicted molar refractivity (Wildman–Crippen MR) is 39.4 cm³/mol. The van der Waals surface area contributed by atoms with Crippen molar-refractivity contribution in [2.24, 2.45) is 11.3 Å². The summed E-state index contributed by atoms with van der Waals surface area (Å²) in [5.74, 6) is 1.50. The van der Waals surface area contributed by atoms with E-state index in [0.29, 0.717) is 0 Å². The minimum Gasteiger partial charge on any atom is -0.373 e. The molecule has 2 atom stereocenters. The maximum absolute atomic E-state index is 5.44. The molecule has 0 spiro atoms. The Bertz CT molecular complexity index is 64.4. The summed E-state index contributed by atoms with van der Waals surface area (Å²) < 4.78 is 0. The molecule has 1 aliphatic rings. The molecule has 0 saturated heterocycles. The number of nitrogens with two attached hydrogens (primary N) is 2. The Kier molecular flexibility index (Phi) is 1.97. The van der Waals surface area contributed by atoms with Gasteiger partial charge < -0.3 is 11.3 Å². The molecule has 0 aromatic rings. The molecule has 0 bridgehead atoms. The Morgan fingerprint density at radius 2 is 1.38 bits per heavy atom. The second-order valence-corrected chi connectivity index (χ2v) is 2.57. The van der Waals surface area contributed by atoms with Crippen molar-refractivity contribution in [2.75, 3.05) is 0 Å². The number of hydrogen-bond acceptors (Lipinski definition) is 2. The van der Waals surface area contributed by atoms with Crippen LogP contribution in [-0.2, 0) is 0 Å². The van der Waals surface area contributed by atoms with Crippen molar-refractivity contribution in [2.45, 2.75) is 24.5 Å². The van der Waals surface area contributed by atoms with E-state index in [1.807, 2.05) is 0 Å². The van der Waals surface area contributed by atoms with Crippen molar-refractivity contribution in [1.29, 1.82) is 0 Å². The fourth-order valence-corrected chi connectivity index (χ4v) is 1.26. The Labute approximate surface area is 51.5 Å². The third kappa shape index (κ3) is 0.906. The maximum atomic E-state index is 5.44. The summed E-state index contributed by atoms with van der Waals surface area (Å²) in [4.78, 5) is 0. The third-order valence-electron chi connectivity index (χ3n) is 2.18. The standard InChI is InChI=1S/C4H12B2N2/c7-5-3-1-2-4(3)6-8/h3-6H,1-2,7-8H2. The van der Waals surface area contributed by atoms with E-state index < -0.39 is 0 Å². The molecule has 8 heavy (non-hydrogen) atoms. The Hall–Kier alpha value is 0.0499. The zero-order valence-electron chi connectivity index (χ0n) is 5.14. The van der Waals surface area contributed by atoms with Gasteiger partial charge in [0.25, 0.3) is 0 Å². The first kappa shape index (κ1) is 6.17. The van der Waals surface area contributed by atoms with Gasteiger partial charge in [0.2, 0.25) is 14.8 Å². The molecule has 1 fully saturated rings. The molecular weight excluding hydrogens is 97.7 g/mol. The summed E-state index contributed by atoms with van der Waals surface area (Å²) in [6.07, 6.45) is 2.61. The highest BCUT2D eigenvalue weighted by Crippen LogP contribution is 2.41. The van der Waals surface area contributed by atoms with Crippen LogP contribution in [0.1, 0.15) is 12.8 Å². The van der Waals surface area contributed by atoms with Gasteiger partial charge >= 0.3 is 0 Å². The monoisotopic (exact) mass is 110 g/mol. The lowest BCUT2D eigenvalue weighted by Gasteiger charge is -2.33. The number of hydrogen-bond donors (Lipinski definition) is 2. The SMILES string of the molecule is NBC1CCC1BN. The van der Waals surface area contributed by atoms with Crippen LogP contribution in [0.15, 0.2) is 0 Å². The van der Waals surface area contributed by atoms with Gasteiger partial charge in [-0.05, 0) is 0 Å². The van der Waals surface area contributed by atoms with Crippen molar-refractivity contribution >= 4 is 14.8 Å². The fourth-order valence-electron chi connectivity index (χ4n) is 1.26. The minimum absolute atomic E-state index is 0.750. The Morgan fingerprint density at radius 3 is 1.50 bits per heavy atom. The van der Waals surface area contributed by atoms with Gasteiger partial charge in [-0.15, -0.1) is 0 Å². The van der Waals surface area contributed by atoms with E-state index in [9.17, 15) is 0 Å². The van der Waals surface area contributed by atoms with E-state index in [2.05, 4.69) is 0 Å². The lowest BCUT2D eigenvalue weighted by molar-refractivity contribution is 0.493. The first-order valence-electron chi connectivity index (χ1n) is 3.28. The normalized spacial score (nSPS) is 35.8. The van der Waals surface area contributed by atoms with Crippen LogP contribution in [0.2, 0.25) is 11.6 Å². The second kappa shape index (κ2) is 2.55. The average molecular weight is 110 g/mol. The number of rotatable bonds is 2. The highest BCUT2D eigenvalue weighted by atomic mass is 14.5. The molecule has 4 heteroatoms. The van der Waals surface area contributed by atoms with Gasteiger partial charge in [0.05, 0.1) is 0 Å². The summed E-state index contributed by atoms with van der Waals surface area (Å²) in [7, 11) is 1.67. The van der Waals surface area contributed by atoms with Crippen molar-refractivity contribution in [3.05, 3.63) is 0 Å². The van der Waals surface area contributed by atoms with Crippen LogP contribution >= 0.6 is 0 Å². The van der Waals surface area contributed by atoms with Gasteiger partial charge in [0.15, 0.2) is 0 Å². The maximum Gasteiger partial charge on any atom is 0.201 e. The van der Waals surface area contributed by atoms with E-state index in [0.717, 1.165) is 26.5 Å². The van der Waals surface area contributed by atoms with E-state index in [1.54, 1.807) is 0 Å². The minimum atomic E-state index is 0.750. The summed E-state index contributed by atoms with van der Waals surface area (Å²) >= 11 is 0. The summed E-state index contributed by atoms with van der Waals surface area (Å²) in [5.41, 5.74) is 10.9. The molecule has 0 amide bonds. The lowest BCUT2D eigenvalue weighted by Crippen LogP contribution is -2.32. The van der Waals surface area contributed by atoms with E-state index in [4.69, 9.17) is 11.3 Å². The molecule has 0 heterocycles. The van der Waals surface area contributed by atoms with E-state index in [-0.39, 0.29) is 0 Å². The molecule has 0 radical (unpaired) electrons. The first-order chi connectivity index (χ1) is 3.88. The Morgan fingerprint density at radius 1 is 1.00 bits per heavy atom. The zero-order valence-corrected chi connectivity index (χ0v) is 5.14. The van der Waals surface area contributed by atoms with Crippen LogP contribution in [0.5, 0.6) is 0 Å². The molecule has 0 aromatic carbocycles. The molecule has 2 nitrogen and oxygen atoms in total. The molecule has 4 N–H and O–H groups in total. The van der Waals surface area contributed by atoms with Crippen molar-refractivity contribution < 1.29 is 0 Å². The van der Waals surface area contributed by atoms with Gasteiger partial charge in [-0.2, -0.15) is 0 Å². The molecule has 1 rings (SSSR count). The van der Waals surface area contributed by atoms with Gasteiger partial charge in [0.1, 0.15) is 0 Å². The quantitative estimate of drug-likeness (QED) is 0.446. The van der Waals surface area contributed by atoms with E-state index in [1.165, 1.54) is 12.8 Å². The van der Waals surface area contributed by atoms with Crippen LogP contribution < -0.4 is 11.3 Å². The zero-order chi connectivity index (χ0) is 5.98. The summed E-state index contributed by atoms with van der Waals surface area (Å²) in [6, 6.07) is 0. The molecule has 1 aliphatic carbocycles. The fraction of sp³-hybridized carbons (Fsp3) is 1.00. The van der Waals surface area contributed by atoms with Gasteiger partial charge in [0, 0.05) is 0 Å². The molecule has 0 aliphatic heterocycles. The van der Waals surface area contributed by atoms with Crippen LogP contribution in [0, 0.1) is 0 Å². The predicted octanol–water partition coefficient (Wildman–Crippen LogP) is -1.02. The van der Waals surface area contributed by atoms with Crippen molar-refractivity contribution in [3.63, 3.8) is 0 Å². The highest BCUT2D eigenvalue weighted by molar-refractivity contribution is 6.42. The van der Waals surface area contributed by atoms with Crippen LogP contribution in [0.25, 0.3) is 0 Å². The van der Waals surface area contributed by atoms with Gasteiger partial charge in [-0.3, -0.25) is 0 Å². The molecule has 44 valence electrons. The highest BCUT2D eigenvalue weighted by Gasteiger charge is 2.28. The van der Waals surface area contributed by atoms with Gasteiger partial charge in [-0.25, -0.2) is 0 Å². The topological polar surface area (TPSA) is 52.0 Å². The third-order valence-corrected chi connectivity index (χ3v) is 2.18. The molecule has 1 saturated carbocycles. The summed E-state index contributed by atoms with van der Waals surface area (Å²) in [6.45, 7) is 0. The first-order valence-corrected chi connectivity index (χ1v) is 3.28. The van der Waals surface area contributed by atoms with Crippen molar-refractivity contribution in [1.82, 2.24) is 0 Å². The summed E-state index contributed by atoms with van der Waals surface area (Å²) in [5, 5.41) is 0. The smallest absolute Gasteiger partial charge is 0.201 e. The molecule has 2 unspecified atom stereocenters. The van der Waals surface area contributed by atoms with Crippen molar-refractivity contribution in [3.8, 4) is 0 Å². The second-order valence-electron chi connectivity index (χ2n) is 2.57. The van der Waals surface area contributed by atoms with E-state index >= 15 is 0 Å². The molecule has 0 aromatic heterocycles. The van der Waals surface area contributed by atoms with Crippen LogP contribution in [-0.4, -0.2) is 14.8 Å². The molecular formula is C4H12B2N2. The lowest BCUT2D eigenvalue weighted by atomic mass is 9.47. The van der Waals surface area contributed by atoms with Crippen LogP contribution in [0.4, 0.5) is 0 Å².